The van der Waals surface area contributed by atoms with E-state index < -0.39 is 19.9 Å². The molecule has 0 spiro atoms. The van der Waals surface area contributed by atoms with E-state index in [2.05, 4.69) is 10.5 Å². The number of hydrogen-bond donors (Lipinski definition) is 1. The van der Waals surface area contributed by atoms with Crippen molar-refractivity contribution in [3.8, 4) is 0 Å². The van der Waals surface area contributed by atoms with Crippen molar-refractivity contribution < 1.29 is 27.7 Å². The third kappa shape index (κ3) is 5.59. The summed E-state index contributed by atoms with van der Waals surface area (Å²) < 4.78 is 38.1. The van der Waals surface area contributed by atoms with Crippen LogP contribution in [0.2, 0.25) is 0 Å². The fourth-order valence-corrected chi connectivity index (χ4v) is 5.44. The minimum absolute atomic E-state index is 0.0304. The molecule has 2 aromatic rings. The van der Waals surface area contributed by atoms with Gasteiger partial charge in [0.15, 0.2) is 0 Å². The molecule has 0 aliphatic carbocycles. The summed E-state index contributed by atoms with van der Waals surface area (Å²) in [5, 5.41) is 27.0. The van der Waals surface area contributed by atoms with Gasteiger partial charge < -0.3 is 14.4 Å². The lowest BCUT2D eigenvalue weighted by molar-refractivity contribution is -0.385. The number of nitrogens with one attached hydrogen (secondary N) is 1. The summed E-state index contributed by atoms with van der Waals surface area (Å²) in [5.74, 6) is 0. The van der Waals surface area contributed by atoms with Crippen molar-refractivity contribution in [3.63, 3.8) is 0 Å². The van der Waals surface area contributed by atoms with Crippen LogP contribution in [0.3, 0.4) is 0 Å². The number of nitro groups is 2. The van der Waals surface area contributed by atoms with Crippen molar-refractivity contribution in [2.45, 2.75) is 4.90 Å². The topological polar surface area (TPSA) is 170 Å². The molecule has 0 radical (unpaired) electrons. The Bertz CT molecular complexity index is 1270. The molecule has 2 saturated heterocycles. The Kier molecular flexibility index (Phi) is 7.73. The van der Waals surface area contributed by atoms with E-state index in [1.807, 2.05) is 4.90 Å². The Morgan fingerprint density at radius 3 is 2.22 bits per heavy atom. The molecule has 0 unspecified atom stereocenters. The maximum Gasteiger partial charge on any atom is 0.293 e. The van der Waals surface area contributed by atoms with Crippen LogP contribution in [0.5, 0.6) is 0 Å². The number of sulfonamides is 1. The lowest BCUT2D eigenvalue weighted by Crippen LogP contribution is -2.40. The highest BCUT2D eigenvalue weighted by Crippen LogP contribution is 2.31. The maximum atomic E-state index is 13.2. The summed E-state index contributed by atoms with van der Waals surface area (Å²) in [5.41, 5.74) is 3.05. The van der Waals surface area contributed by atoms with Gasteiger partial charge in [0.2, 0.25) is 10.0 Å². The zero-order chi connectivity index (χ0) is 25.7. The highest BCUT2D eigenvalue weighted by molar-refractivity contribution is 7.89. The molecule has 1 N–H and O–H groups in total. The highest BCUT2D eigenvalue weighted by atomic mass is 32.2. The Labute approximate surface area is 206 Å². The number of ether oxygens (including phenoxy) is 2. The summed E-state index contributed by atoms with van der Waals surface area (Å²) in [4.78, 5) is 23.3. The van der Waals surface area contributed by atoms with Crippen molar-refractivity contribution >= 4 is 39.0 Å². The molecule has 0 saturated carbocycles. The molecule has 2 fully saturated rings. The van der Waals surface area contributed by atoms with Gasteiger partial charge in [-0.1, -0.05) is 6.07 Å². The number of nitrogens with zero attached hydrogens (tertiary/aromatic N) is 5. The van der Waals surface area contributed by atoms with Gasteiger partial charge in [-0.05, 0) is 12.1 Å². The smallest absolute Gasteiger partial charge is 0.293 e. The van der Waals surface area contributed by atoms with Gasteiger partial charge in [-0.25, -0.2) is 8.42 Å². The van der Waals surface area contributed by atoms with E-state index in [-0.39, 0.29) is 48.3 Å². The molecule has 0 atom stereocenters. The predicted octanol–water partition coefficient (Wildman–Crippen LogP) is 1.81. The third-order valence-electron chi connectivity index (χ3n) is 5.71. The predicted molar refractivity (Wildman–Crippen MR) is 130 cm³/mol. The van der Waals surface area contributed by atoms with Crippen LogP contribution in [0, 0.1) is 20.2 Å². The first-order valence-corrected chi connectivity index (χ1v) is 12.5. The number of nitro benzene ring substituents is 2. The van der Waals surface area contributed by atoms with Gasteiger partial charge in [0.25, 0.3) is 11.4 Å². The van der Waals surface area contributed by atoms with Crippen LogP contribution in [0.15, 0.2) is 46.4 Å². The summed E-state index contributed by atoms with van der Waals surface area (Å²) in [6.45, 7) is 2.71. The average molecular weight is 521 g/mol. The van der Waals surface area contributed by atoms with Crippen molar-refractivity contribution in [2.24, 2.45) is 5.10 Å². The van der Waals surface area contributed by atoms with Crippen LogP contribution in [-0.2, 0) is 19.5 Å². The minimum atomic E-state index is -4.07. The second-order valence-corrected chi connectivity index (χ2v) is 9.84. The first-order chi connectivity index (χ1) is 17.3. The van der Waals surface area contributed by atoms with Crippen LogP contribution in [0.1, 0.15) is 5.56 Å². The van der Waals surface area contributed by atoms with E-state index in [1.54, 1.807) is 12.1 Å². The third-order valence-corrected chi connectivity index (χ3v) is 7.65. The molecule has 14 nitrogen and oxygen atoms in total. The largest absolute Gasteiger partial charge is 0.379 e. The van der Waals surface area contributed by atoms with Crippen LogP contribution in [-0.4, -0.2) is 81.4 Å². The quantitative estimate of drug-likeness (QED) is 0.308. The fraction of sp³-hybridized carbons (Fsp3) is 0.381. The fourth-order valence-electron chi connectivity index (χ4n) is 3.87. The summed E-state index contributed by atoms with van der Waals surface area (Å²) in [6.07, 6.45) is 1.31. The number of rotatable bonds is 8. The number of morpholine rings is 2. The molecule has 36 heavy (non-hydrogen) atoms. The first kappa shape index (κ1) is 25.4. The van der Waals surface area contributed by atoms with Crippen molar-refractivity contribution in [1.82, 2.24) is 4.31 Å². The van der Waals surface area contributed by atoms with E-state index in [1.165, 1.54) is 22.7 Å². The van der Waals surface area contributed by atoms with E-state index in [4.69, 9.17) is 9.47 Å². The lowest BCUT2D eigenvalue weighted by Gasteiger charge is -2.28. The Morgan fingerprint density at radius 2 is 1.58 bits per heavy atom. The van der Waals surface area contributed by atoms with E-state index in [9.17, 15) is 28.6 Å². The molecule has 0 amide bonds. The number of non-ortho nitro benzene ring substituents is 1. The average Bonchev–Trinajstić information content (AvgIpc) is 2.89. The molecule has 2 heterocycles. The molecule has 2 aliphatic rings. The molecule has 0 aromatic heterocycles. The van der Waals surface area contributed by atoms with Gasteiger partial charge in [0.1, 0.15) is 10.6 Å². The zero-order valence-corrected chi connectivity index (χ0v) is 19.9. The molecule has 192 valence electrons. The summed E-state index contributed by atoms with van der Waals surface area (Å²) in [6, 6.07) is 8.06. The lowest BCUT2D eigenvalue weighted by atomic mass is 10.1. The molecular formula is C21H24N6O8S. The molecule has 0 bridgehead atoms. The van der Waals surface area contributed by atoms with Crippen molar-refractivity contribution in [2.75, 3.05) is 62.9 Å². The molecule has 4 rings (SSSR count). The number of hydrogen-bond acceptors (Lipinski definition) is 11. The Balaban J connectivity index is 1.60. The van der Waals surface area contributed by atoms with Crippen LogP contribution in [0.25, 0.3) is 0 Å². The van der Waals surface area contributed by atoms with Gasteiger partial charge in [0.05, 0.1) is 48.2 Å². The van der Waals surface area contributed by atoms with Crippen molar-refractivity contribution in [3.05, 3.63) is 62.2 Å². The minimum Gasteiger partial charge on any atom is -0.379 e. The van der Waals surface area contributed by atoms with Gasteiger partial charge in [-0.3, -0.25) is 25.7 Å². The van der Waals surface area contributed by atoms with Gasteiger partial charge >= 0.3 is 0 Å². The Morgan fingerprint density at radius 1 is 0.917 bits per heavy atom. The normalized spacial score (nSPS) is 17.3. The molecule has 2 aliphatic heterocycles. The number of anilines is 2. The number of hydrazone groups is 1. The molecular weight excluding hydrogens is 496 g/mol. The summed E-state index contributed by atoms with van der Waals surface area (Å²) in [7, 11) is -4.07. The second-order valence-electron chi connectivity index (χ2n) is 7.93. The van der Waals surface area contributed by atoms with Gasteiger partial charge in [-0.15, -0.1) is 0 Å². The van der Waals surface area contributed by atoms with E-state index >= 15 is 0 Å². The molecule has 15 heteroatoms. The van der Waals surface area contributed by atoms with E-state index in [0.29, 0.717) is 37.6 Å². The van der Waals surface area contributed by atoms with Gasteiger partial charge in [0, 0.05) is 49.9 Å². The summed E-state index contributed by atoms with van der Waals surface area (Å²) >= 11 is 0. The monoisotopic (exact) mass is 520 g/mol. The van der Waals surface area contributed by atoms with E-state index in [0.717, 1.165) is 12.1 Å². The Hall–Kier alpha value is -3.66. The SMILES string of the molecule is O=[N+]([O-])c1ccc(NN=Cc2ccc(N3CCOCC3)c([N+](=O)[O-])c2)c(S(=O)(=O)N2CCOCC2)c1. The van der Waals surface area contributed by atoms with Gasteiger partial charge in [-0.2, -0.15) is 9.41 Å². The maximum absolute atomic E-state index is 13.2. The highest BCUT2D eigenvalue weighted by Gasteiger charge is 2.30. The molecule has 2 aromatic carbocycles. The van der Waals surface area contributed by atoms with Crippen LogP contribution in [0.4, 0.5) is 22.7 Å². The van der Waals surface area contributed by atoms with Crippen LogP contribution >= 0.6 is 0 Å². The zero-order valence-electron chi connectivity index (χ0n) is 19.1. The number of benzene rings is 2. The van der Waals surface area contributed by atoms with Crippen LogP contribution < -0.4 is 10.3 Å². The van der Waals surface area contributed by atoms with Crippen molar-refractivity contribution in [1.29, 1.82) is 0 Å². The second kappa shape index (κ2) is 10.9. The standard InChI is InChI=1S/C21H24N6O8S/c28-26(29)17-2-3-18(21(14-17)36(32,33)25-7-11-35-12-8-25)23-22-15-16-1-4-19(20(13-16)27(30)31)24-5-9-34-10-6-24/h1-4,13-15,23H,5-12H2. The first-order valence-electron chi connectivity index (χ1n) is 11.0.